The Morgan fingerprint density at radius 3 is 2.58 bits per heavy atom. The number of aromatic nitrogens is 1. The quantitative estimate of drug-likeness (QED) is 0.892. The van der Waals surface area contributed by atoms with Gasteiger partial charge in [-0.1, -0.05) is 30.3 Å². The first-order valence-corrected chi connectivity index (χ1v) is 6.57. The van der Waals surface area contributed by atoms with Crippen LogP contribution in [-0.4, -0.2) is 23.5 Å². The van der Waals surface area contributed by atoms with Crippen LogP contribution >= 0.6 is 0 Å². The Hall–Kier alpha value is -1.71. The zero-order valence-corrected chi connectivity index (χ0v) is 11.6. The molecule has 0 saturated carbocycles. The molecule has 1 heterocycles. The molecular formula is C16H21N3. The first-order chi connectivity index (χ1) is 9.22. The molecule has 0 amide bonds. The standard InChI is InChI=1S/C16H21N3/c1-13-8-9-18-11-15(13)16(10-17)19(2)12-14-6-4-3-5-7-14/h3-9,11,16H,10,12,17H2,1-2H3. The molecule has 3 nitrogen and oxygen atoms in total. The number of nitrogens with two attached hydrogens (primary N) is 1. The van der Waals surface area contributed by atoms with Gasteiger partial charge in [-0.2, -0.15) is 0 Å². The Bertz CT molecular complexity index is 510. The summed E-state index contributed by atoms with van der Waals surface area (Å²) in [6.45, 7) is 3.59. The lowest BCUT2D eigenvalue weighted by Gasteiger charge is -2.28. The molecule has 1 unspecified atom stereocenters. The number of aryl methyl sites for hydroxylation is 1. The number of nitrogens with zero attached hydrogens (tertiary/aromatic N) is 2. The zero-order chi connectivity index (χ0) is 13.7. The van der Waals surface area contributed by atoms with Crippen LogP contribution in [0.25, 0.3) is 0 Å². The molecule has 3 heteroatoms. The molecule has 0 bridgehead atoms. The van der Waals surface area contributed by atoms with Crippen LogP contribution in [0.15, 0.2) is 48.8 Å². The van der Waals surface area contributed by atoms with Crippen molar-refractivity contribution in [1.82, 2.24) is 9.88 Å². The van der Waals surface area contributed by atoms with Crippen molar-refractivity contribution in [3.63, 3.8) is 0 Å². The molecule has 0 radical (unpaired) electrons. The summed E-state index contributed by atoms with van der Waals surface area (Å²) in [6.07, 6.45) is 3.75. The van der Waals surface area contributed by atoms with Gasteiger partial charge in [-0.05, 0) is 36.7 Å². The molecule has 0 fully saturated rings. The third-order valence-corrected chi connectivity index (χ3v) is 3.47. The monoisotopic (exact) mass is 255 g/mol. The minimum absolute atomic E-state index is 0.203. The van der Waals surface area contributed by atoms with E-state index in [1.807, 2.05) is 24.5 Å². The van der Waals surface area contributed by atoms with Gasteiger partial charge in [0.2, 0.25) is 0 Å². The van der Waals surface area contributed by atoms with Crippen LogP contribution in [0.2, 0.25) is 0 Å². The van der Waals surface area contributed by atoms with Crippen LogP contribution < -0.4 is 5.73 Å². The highest BCUT2D eigenvalue weighted by Gasteiger charge is 2.17. The van der Waals surface area contributed by atoms with Crippen molar-refractivity contribution in [3.05, 3.63) is 65.5 Å². The summed E-state index contributed by atoms with van der Waals surface area (Å²) in [5.41, 5.74) is 9.71. The highest BCUT2D eigenvalue weighted by atomic mass is 15.1. The fourth-order valence-corrected chi connectivity index (χ4v) is 2.35. The molecule has 1 aromatic heterocycles. The van der Waals surface area contributed by atoms with Crippen LogP contribution in [0.4, 0.5) is 0 Å². The van der Waals surface area contributed by atoms with E-state index in [1.54, 1.807) is 0 Å². The summed E-state index contributed by atoms with van der Waals surface area (Å²) in [5, 5.41) is 0. The third kappa shape index (κ3) is 3.40. The molecule has 0 spiro atoms. The van der Waals surface area contributed by atoms with Gasteiger partial charge in [-0.15, -0.1) is 0 Å². The van der Waals surface area contributed by atoms with Gasteiger partial charge >= 0.3 is 0 Å². The largest absolute Gasteiger partial charge is 0.329 e. The average Bonchev–Trinajstić information content (AvgIpc) is 2.43. The average molecular weight is 255 g/mol. The normalized spacial score (nSPS) is 12.6. The van der Waals surface area contributed by atoms with Crippen molar-refractivity contribution in [1.29, 1.82) is 0 Å². The second kappa shape index (κ2) is 6.45. The Morgan fingerprint density at radius 2 is 1.95 bits per heavy atom. The first kappa shape index (κ1) is 13.7. The van der Waals surface area contributed by atoms with Gasteiger partial charge in [0.1, 0.15) is 0 Å². The van der Waals surface area contributed by atoms with E-state index in [2.05, 4.69) is 48.1 Å². The summed E-state index contributed by atoms with van der Waals surface area (Å²) >= 11 is 0. The van der Waals surface area contributed by atoms with Gasteiger partial charge in [-0.25, -0.2) is 0 Å². The molecule has 0 aliphatic rings. The van der Waals surface area contributed by atoms with Crippen molar-refractivity contribution in [3.8, 4) is 0 Å². The van der Waals surface area contributed by atoms with Gasteiger partial charge in [0.25, 0.3) is 0 Å². The topological polar surface area (TPSA) is 42.1 Å². The van der Waals surface area contributed by atoms with Gasteiger partial charge in [-0.3, -0.25) is 9.88 Å². The van der Waals surface area contributed by atoms with Crippen LogP contribution in [0.1, 0.15) is 22.7 Å². The lowest BCUT2D eigenvalue weighted by molar-refractivity contribution is 0.240. The molecule has 0 aliphatic carbocycles. The van der Waals surface area contributed by atoms with Crippen LogP contribution in [0, 0.1) is 6.92 Å². The lowest BCUT2D eigenvalue weighted by atomic mass is 10.0. The van der Waals surface area contributed by atoms with Crippen molar-refractivity contribution in [2.45, 2.75) is 19.5 Å². The van der Waals surface area contributed by atoms with E-state index in [1.165, 1.54) is 16.7 Å². The highest BCUT2D eigenvalue weighted by molar-refractivity contribution is 5.26. The van der Waals surface area contributed by atoms with Gasteiger partial charge in [0.15, 0.2) is 0 Å². The van der Waals surface area contributed by atoms with Crippen LogP contribution in [0.5, 0.6) is 0 Å². The molecule has 1 atom stereocenters. The predicted octanol–water partition coefficient (Wildman–Crippen LogP) is 2.52. The summed E-state index contributed by atoms with van der Waals surface area (Å²) in [6, 6.07) is 12.7. The maximum Gasteiger partial charge on any atom is 0.0488 e. The summed E-state index contributed by atoms with van der Waals surface area (Å²) in [5.74, 6) is 0. The number of hydrogen-bond acceptors (Lipinski definition) is 3. The number of pyridine rings is 1. The SMILES string of the molecule is Cc1ccncc1C(CN)N(C)Cc1ccccc1. The molecular weight excluding hydrogens is 234 g/mol. The molecule has 19 heavy (non-hydrogen) atoms. The Labute approximate surface area is 115 Å². The van der Waals surface area contributed by atoms with Gasteiger partial charge in [0.05, 0.1) is 0 Å². The van der Waals surface area contributed by atoms with Crippen molar-refractivity contribution >= 4 is 0 Å². The number of benzene rings is 1. The second-order valence-electron chi connectivity index (χ2n) is 4.88. The zero-order valence-electron chi connectivity index (χ0n) is 11.6. The van der Waals surface area contributed by atoms with Crippen molar-refractivity contribution in [2.24, 2.45) is 5.73 Å². The smallest absolute Gasteiger partial charge is 0.0488 e. The number of hydrogen-bond donors (Lipinski definition) is 1. The lowest BCUT2D eigenvalue weighted by Crippen LogP contribution is -2.30. The second-order valence-corrected chi connectivity index (χ2v) is 4.88. The van der Waals surface area contributed by atoms with Crippen molar-refractivity contribution < 1.29 is 0 Å². The van der Waals surface area contributed by atoms with Crippen molar-refractivity contribution in [2.75, 3.05) is 13.6 Å². The summed E-state index contributed by atoms with van der Waals surface area (Å²) in [7, 11) is 2.11. The fourth-order valence-electron chi connectivity index (χ4n) is 2.35. The number of rotatable bonds is 5. The van der Waals surface area contributed by atoms with E-state index in [0.717, 1.165) is 6.54 Å². The van der Waals surface area contributed by atoms with Gasteiger partial charge < -0.3 is 5.73 Å². The number of likely N-dealkylation sites (N-methyl/N-ethyl adjacent to an activating group) is 1. The molecule has 0 saturated heterocycles. The molecule has 0 aliphatic heterocycles. The maximum atomic E-state index is 5.96. The maximum absolute atomic E-state index is 5.96. The van der Waals surface area contributed by atoms with Crippen LogP contribution in [-0.2, 0) is 6.54 Å². The minimum atomic E-state index is 0.203. The van der Waals surface area contributed by atoms with E-state index in [0.29, 0.717) is 6.54 Å². The van der Waals surface area contributed by atoms with E-state index >= 15 is 0 Å². The Morgan fingerprint density at radius 1 is 1.21 bits per heavy atom. The third-order valence-electron chi connectivity index (χ3n) is 3.47. The van der Waals surface area contributed by atoms with E-state index in [9.17, 15) is 0 Å². The molecule has 2 aromatic rings. The first-order valence-electron chi connectivity index (χ1n) is 6.57. The highest BCUT2D eigenvalue weighted by Crippen LogP contribution is 2.22. The molecule has 2 N–H and O–H groups in total. The summed E-state index contributed by atoms with van der Waals surface area (Å²) < 4.78 is 0. The summed E-state index contributed by atoms with van der Waals surface area (Å²) in [4.78, 5) is 6.50. The molecule has 2 rings (SSSR count). The van der Waals surface area contributed by atoms with Gasteiger partial charge in [0, 0.05) is 31.5 Å². The fraction of sp³-hybridized carbons (Fsp3) is 0.312. The predicted molar refractivity (Wildman–Crippen MR) is 78.7 cm³/mol. The Balaban J connectivity index is 2.16. The molecule has 1 aromatic carbocycles. The van der Waals surface area contributed by atoms with Crippen LogP contribution in [0.3, 0.4) is 0 Å². The minimum Gasteiger partial charge on any atom is -0.329 e. The van der Waals surface area contributed by atoms with E-state index < -0.39 is 0 Å². The van der Waals surface area contributed by atoms with E-state index in [-0.39, 0.29) is 6.04 Å². The Kier molecular flexibility index (Phi) is 4.66. The molecule has 100 valence electrons. The van der Waals surface area contributed by atoms with E-state index in [4.69, 9.17) is 5.73 Å².